The molecule has 4 aliphatic rings. The molecule has 2 aliphatic heterocycles. The van der Waals surface area contributed by atoms with Crippen LogP contribution in [0.1, 0.15) is 64.2 Å². The maximum absolute atomic E-state index is 6.18. The van der Waals surface area contributed by atoms with Gasteiger partial charge in [-0.05, 0) is 62.4 Å². The number of amidine groups is 1. The van der Waals surface area contributed by atoms with Crippen LogP contribution >= 0.6 is 11.8 Å². The van der Waals surface area contributed by atoms with Crippen molar-refractivity contribution >= 4 is 17.6 Å². The molecule has 2 saturated heterocycles. The first-order valence-electron chi connectivity index (χ1n) is 10.2. The molecule has 4 unspecified atom stereocenters. The maximum Gasteiger partial charge on any atom is 0.117 e. The largest absolute Gasteiger partial charge is 0.368 e. The minimum absolute atomic E-state index is 0.139. The molecule has 2 heterocycles. The smallest absolute Gasteiger partial charge is 0.117 e. The molecule has 136 valence electrons. The molecule has 0 bridgehead atoms. The van der Waals surface area contributed by atoms with Gasteiger partial charge in [0.1, 0.15) is 5.84 Å². The normalized spacial score (nSPS) is 41.0. The Morgan fingerprint density at radius 3 is 2.62 bits per heavy atom. The number of aliphatic imine (C=N–C) groups is 1. The fourth-order valence-electron chi connectivity index (χ4n) is 5.23. The summed E-state index contributed by atoms with van der Waals surface area (Å²) in [6.45, 7) is 0.976. The van der Waals surface area contributed by atoms with E-state index in [1.165, 1.54) is 81.5 Å². The summed E-state index contributed by atoms with van der Waals surface area (Å²) in [5.41, 5.74) is 6.32. The molecule has 0 aromatic heterocycles. The lowest BCUT2D eigenvalue weighted by molar-refractivity contribution is 0.215. The van der Waals surface area contributed by atoms with E-state index in [2.05, 4.69) is 22.4 Å². The third kappa shape index (κ3) is 3.63. The Hall–Kier alpha value is -0.260. The van der Waals surface area contributed by atoms with E-state index in [0.29, 0.717) is 24.0 Å². The number of thioether (sulfide) groups is 1. The SMILES string of the molecule is NC1CCCC(CN=C2NC3CCCCC3NC23CCSCC3)C1. The van der Waals surface area contributed by atoms with Crippen LogP contribution in [0.3, 0.4) is 0 Å². The van der Waals surface area contributed by atoms with E-state index >= 15 is 0 Å². The first-order chi connectivity index (χ1) is 11.8. The topological polar surface area (TPSA) is 62.4 Å². The highest BCUT2D eigenvalue weighted by molar-refractivity contribution is 7.99. The molecule has 24 heavy (non-hydrogen) atoms. The zero-order chi connectivity index (χ0) is 16.4. The Balaban J connectivity index is 1.49. The van der Waals surface area contributed by atoms with Crippen LogP contribution in [0.4, 0.5) is 0 Å². The van der Waals surface area contributed by atoms with E-state index in [1.807, 2.05) is 0 Å². The minimum Gasteiger partial charge on any atom is -0.368 e. The summed E-state index contributed by atoms with van der Waals surface area (Å²) in [6, 6.07) is 1.67. The first-order valence-corrected chi connectivity index (χ1v) is 11.3. The average molecular weight is 351 g/mol. The van der Waals surface area contributed by atoms with Crippen LogP contribution in [0, 0.1) is 5.92 Å². The highest BCUT2D eigenvalue weighted by Crippen LogP contribution is 2.34. The van der Waals surface area contributed by atoms with Crippen LogP contribution in [-0.4, -0.2) is 47.6 Å². The fraction of sp³-hybridized carbons (Fsp3) is 0.947. The Morgan fingerprint density at radius 2 is 1.83 bits per heavy atom. The molecule has 0 amide bonds. The number of nitrogens with zero attached hydrogens (tertiary/aromatic N) is 1. The second-order valence-electron chi connectivity index (χ2n) is 8.46. The van der Waals surface area contributed by atoms with Gasteiger partial charge in [-0.3, -0.25) is 10.3 Å². The summed E-state index contributed by atoms with van der Waals surface area (Å²) in [5.74, 6) is 4.52. The number of hydrogen-bond donors (Lipinski definition) is 3. The number of rotatable bonds is 2. The van der Waals surface area contributed by atoms with E-state index in [1.54, 1.807) is 0 Å². The van der Waals surface area contributed by atoms with Crippen LogP contribution in [0.2, 0.25) is 0 Å². The van der Waals surface area contributed by atoms with Crippen LogP contribution in [0.15, 0.2) is 4.99 Å². The predicted octanol–water partition coefficient (Wildman–Crippen LogP) is 2.67. The average Bonchev–Trinajstić information content (AvgIpc) is 2.61. The quantitative estimate of drug-likeness (QED) is 0.716. The van der Waals surface area contributed by atoms with Crippen molar-refractivity contribution in [3.63, 3.8) is 0 Å². The lowest BCUT2D eigenvalue weighted by atomic mass is 9.80. The zero-order valence-corrected chi connectivity index (χ0v) is 15.8. The van der Waals surface area contributed by atoms with Gasteiger partial charge in [-0.25, -0.2) is 0 Å². The lowest BCUT2D eigenvalue weighted by Crippen LogP contribution is -2.72. The summed E-state index contributed by atoms with van der Waals surface area (Å²) in [4.78, 5) is 5.19. The van der Waals surface area contributed by atoms with Gasteiger partial charge < -0.3 is 11.1 Å². The maximum atomic E-state index is 6.18. The van der Waals surface area contributed by atoms with Gasteiger partial charge in [0.25, 0.3) is 0 Å². The Labute approximate surface area is 151 Å². The molecule has 2 aliphatic carbocycles. The first kappa shape index (κ1) is 17.2. The van der Waals surface area contributed by atoms with Crippen molar-refractivity contribution in [3.8, 4) is 0 Å². The van der Waals surface area contributed by atoms with Crippen molar-refractivity contribution in [2.24, 2.45) is 16.6 Å². The van der Waals surface area contributed by atoms with E-state index in [9.17, 15) is 0 Å². The van der Waals surface area contributed by atoms with Crippen molar-refractivity contribution in [1.29, 1.82) is 0 Å². The van der Waals surface area contributed by atoms with Gasteiger partial charge >= 0.3 is 0 Å². The summed E-state index contributed by atoms with van der Waals surface area (Å²) in [7, 11) is 0. The molecule has 5 heteroatoms. The molecule has 4 rings (SSSR count). The Morgan fingerprint density at radius 1 is 1.04 bits per heavy atom. The van der Waals surface area contributed by atoms with Crippen LogP contribution < -0.4 is 16.4 Å². The van der Waals surface area contributed by atoms with Crippen LogP contribution in [-0.2, 0) is 0 Å². The Kier molecular flexibility index (Phi) is 5.40. The molecule has 2 saturated carbocycles. The standard InChI is InChI=1S/C19H34N4S/c20-15-5-3-4-14(12-15)13-21-18-19(8-10-24-11-9-19)23-17-7-2-1-6-16(17)22-18/h14-17,23H,1-13,20H2,(H,21,22). The van der Waals surface area contributed by atoms with Gasteiger partial charge in [-0.2, -0.15) is 11.8 Å². The number of piperazine rings is 1. The second kappa shape index (κ2) is 7.55. The molecular weight excluding hydrogens is 316 g/mol. The summed E-state index contributed by atoms with van der Waals surface area (Å²) >= 11 is 2.10. The van der Waals surface area contributed by atoms with Crippen molar-refractivity contribution in [2.45, 2.75) is 87.9 Å². The minimum atomic E-state index is 0.139. The fourth-order valence-corrected chi connectivity index (χ4v) is 6.42. The van der Waals surface area contributed by atoms with Crippen molar-refractivity contribution in [2.75, 3.05) is 18.1 Å². The van der Waals surface area contributed by atoms with Gasteiger partial charge in [-0.15, -0.1) is 0 Å². The van der Waals surface area contributed by atoms with Gasteiger partial charge in [-0.1, -0.05) is 19.3 Å². The molecule has 4 atom stereocenters. The molecule has 0 radical (unpaired) electrons. The third-order valence-corrected chi connectivity index (χ3v) is 7.67. The van der Waals surface area contributed by atoms with E-state index < -0.39 is 0 Å². The third-order valence-electron chi connectivity index (χ3n) is 6.68. The van der Waals surface area contributed by atoms with E-state index in [0.717, 1.165) is 6.54 Å². The van der Waals surface area contributed by atoms with E-state index in [-0.39, 0.29) is 5.54 Å². The molecule has 0 aromatic rings. The van der Waals surface area contributed by atoms with Gasteiger partial charge in [0.05, 0.1) is 5.54 Å². The number of nitrogens with one attached hydrogen (secondary N) is 2. The van der Waals surface area contributed by atoms with E-state index in [4.69, 9.17) is 10.7 Å². The monoisotopic (exact) mass is 350 g/mol. The summed E-state index contributed by atoms with van der Waals surface area (Å²) in [6.07, 6.45) is 12.8. The Bertz CT molecular complexity index is 460. The van der Waals surface area contributed by atoms with Gasteiger partial charge in [0.2, 0.25) is 0 Å². The van der Waals surface area contributed by atoms with Gasteiger partial charge in [0.15, 0.2) is 0 Å². The van der Waals surface area contributed by atoms with Crippen molar-refractivity contribution < 1.29 is 0 Å². The molecule has 4 N–H and O–H groups in total. The van der Waals surface area contributed by atoms with Crippen LogP contribution in [0.5, 0.6) is 0 Å². The highest BCUT2D eigenvalue weighted by Gasteiger charge is 2.46. The van der Waals surface area contributed by atoms with Crippen LogP contribution in [0.25, 0.3) is 0 Å². The molecule has 4 nitrogen and oxygen atoms in total. The van der Waals surface area contributed by atoms with Crippen molar-refractivity contribution in [3.05, 3.63) is 0 Å². The number of hydrogen-bond acceptors (Lipinski definition) is 4. The van der Waals surface area contributed by atoms with Crippen molar-refractivity contribution in [1.82, 2.24) is 10.6 Å². The summed E-state index contributed by atoms with van der Waals surface area (Å²) in [5, 5.41) is 8.00. The summed E-state index contributed by atoms with van der Waals surface area (Å²) < 4.78 is 0. The lowest BCUT2D eigenvalue weighted by Gasteiger charge is -2.51. The molecule has 0 aromatic carbocycles. The highest BCUT2D eigenvalue weighted by atomic mass is 32.2. The second-order valence-corrected chi connectivity index (χ2v) is 9.69. The molecule has 1 spiro atoms. The number of fused-ring (bicyclic) bond motifs is 1. The van der Waals surface area contributed by atoms with Gasteiger partial charge in [0, 0.05) is 24.7 Å². The zero-order valence-electron chi connectivity index (χ0n) is 14.9. The number of nitrogens with two attached hydrogens (primary N) is 1. The molecular formula is C19H34N4S. The molecule has 4 fully saturated rings. The predicted molar refractivity (Wildman–Crippen MR) is 104 cm³/mol.